The molecule has 24 heavy (non-hydrogen) atoms. The number of aromatic hydroxyl groups is 1. The maximum atomic E-state index is 12.4. The monoisotopic (exact) mass is 319 g/mol. The minimum absolute atomic E-state index is 0.0417. The van der Waals surface area contributed by atoms with Crippen molar-refractivity contribution in [2.45, 2.75) is 6.92 Å². The third-order valence-electron chi connectivity index (χ3n) is 3.48. The number of aryl methyl sites for hydroxylation is 1. The maximum absolute atomic E-state index is 12.4. The summed E-state index contributed by atoms with van der Waals surface area (Å²) in [5, 5.41) is 12.6. The van der Waals surface area contributed by atoms with E-state index in [0.717, 1.165) is 5.56 Å². The second kappa shape index (κ2) is 6.87. The van der Waals surface area contributed by atoms with Gasteiger partial charge < -0.3 is 15.2 Å². The summed E-state index contributed by atoms with van der Waals surface area (Å²) in [5.74, 6) is 1.00. The Morgan fingerprint density at radius 1 is 0.917 bits per heavy atom. The van der Waals surface area contributed by atoms with Crippen LogP contribution in [-0.4, -0.2) is 11.0 Å². The van der Waals surface area contributed by atoms with Gasteiger partial charge in [-0.05, 0) is 55.0 Å². The summed E-state index contributed by atoms with van der Waals surface area (Å²) in [6.07, 6.45) is 0. The zero-order chi connectivity index (χ0) is 16.9. The number of benzene rings is 3. The highest BCUT2D eigenvalue weighted by Crippen LogP contribution is 2.26. The van der Waals surface area contributed by atoms with E-state index in [0.29, 0.717) is 22.7 Å². The number of hydrogen-bond donors (Lipinski definition) is 2. The molecule has 0 radical (unpaired) electrons. The lowest BCUT2D eigenvalue weighted by atomic mass is 10.1. The van der Waals surface area contributed by atoms with Gasteiger partial charge >= 0.3 is 0 Å². The second-order valence-electron chi connectivity index (χ2n) is 5.42. The predicted molar refractivity (Wildman–Crippen MR) is 93.8 cm³/mol. The van der Waals surface area contributed by atoms with E-state index in [1.807, 2.05) is 43.3 Å². The number of amides is 1. The van der Waals surface area contributed by atoms with Crippen LogP contribution in [-0.2, 0) is 0 Å². The summed E-state index contributed by atoms with van der Waals surface area (Å²) in [6, 6.07) is 21.3. The molecule has 3 rings (SSSR count). The number of anilines is 1. The number of phenols is 1. The first-order valence-electron chi connectivity index (χ1n) is 7.56. The topological polar surface area (TPSA) is 58.6 Å². The van der Waals surface area contributed by atoms with Crippen molar-refractivity contribution in [3.8, 4) is 17.2 Å². The van der Waals surface area contributed by atoms with Crippen LogP contribution in [0.15, 0.2) is 72.8 Å². The van der Waals surface area contributed by atoms with E-state index in [4.69, 9.17) is 4.74 Å². The van der Waals surface area contributed by atoms with Crippen molar-refractivity contribution in [3.63, 3.8) is 0 Å². The highest BCUT2D eigenvalue weighted by atomic mass is 16.5. The standard InChI is InChI=1S/C20H17NO3/c1-14-10-11-18(19(22)12-14)21-20(23)15-6-5-9-17(13-15)24-16-7-3-2-4-8-16/h2-13,22H,1H3,(H,21,23). The molecular formula is C20H17NO3. The van der Waals surface area contributed by atoms with Gasteiger partial charge in [0.05, 0.1) is 5.69 Å². The van der Waals surface area contributed by atoms with Crippen molar-refractivity contribution in [3.05, 3.63) is 83.9 Å². The first-order valence-corrected chi connectivity index (χ1v) is 7.56. The summed E-state index contributed by atoms with van der Waals surface area (Å²) in [6.45, 7) is 1.87. The molecule has 4 nitrogen and oxygen atoms in total. The van der Waals surface area contributed by atoms with Crippen LogP contribution in [0.5, 0.6) is 17.2 Å². The van der Waals surface area contributed by atoms with E-state index in [-0.39, 0.29) is 11.7 Å². The molecule has 3 aromatic carbocycles. The van der Waals surface area contributed by atoms with Crippen molar-refractivity contribution in [2.24, 2.45) is 0 Å². The predicted octanol–water partition coefficient (Wildman–Crippen LogP) is 4.75. The number of para-hydroxylation sites is 1. The van der Waals surface area contributed by atoms with E-state index < -0.39 is 0 Å². The molecule has 0 saturated heterocycles. The number of nitrogens with one attached hydrogen (secondary N) is 1. The van der Waals surface area contributed by atoms with Gasteiger partial charge in [-0.3, -0.25) is 4.79 Å². The number of carbonyl (C=O) groups excluding carboxylic acids is 1. The Hall–Kier alpha value is -3.27. The lowest BCUT2D eigenvalue weighted by molar-refractivity contribution is 0.102. The Morgan fingerprint density at radius 3 is 2.42 bits per heavy atom. The van der Waals surface area contributed by atoms with Crippen molar-refractivity contribution in [1.82, 2.24) is 0 Å². The minimum Gasteiger partial charge on any atom is -0.506 e. The molecule has 0 fully saturated rings. The Labute approximate surface area is 140 Å². The lowest BCUT2D eigenvalue weighted by Gasteiger charge is -2.10. The second-order valence-corrected chi connectivity index (χ2v) is 5.42. The highest BCUT2D eigenvalue weighted by molar-refractivity contribution is 6.05. The van der Waals surface area contributed by atoms with E-state index in [1.165, 1.54) is 0 Å². The number of rotatable bonds is 4. The van der Waals surface area contributed by atoms with Crippen LogP contribution in [0.25, 0.3) is 0 Å². The number of carbonyl (C=O) groups is 1. The van der Waals surface area contributed by atoms with Crippen molar-refractivity contribution in [2.75, 3.05) is 5.32 Å². The number of phenolic OH excluding ortho intramolecular Hbond substituents is 1. The van der Waals surface area contributed by atoms with Gasteiger partial charge in [0, 0.05) is 5.56 Å². The summed E-state index contributed by atoms with van der Waals surface area (Å²) in [5.41, 5.74) is 1.74. The third-order valence-corrected chi connectivity index (χ3v) is 3.48. The molecule has 0 bridgehead atoms. The van der Waals surface area contributed by atoms with Gasteiger partial charge in [0.2, 0.25) is 0 Å². The molecule has 0 aliphatic heterocycles. The normalized spacial score (nSPS) is 10.2. The van der Waals surface area contributed by atoms with Crippen LogP contribution in [0.2, 0.25) is 0 Å². The first-order chi connectivity index (χ1) is 11.6. The third kappa shape index (κ3) is 3.73. The zero-order valence-corrected chi connectivity index (χ0v) is 13.2. The summed E-state index contributed by atoms with van der Waals surface area (Å²) >= 11 is 0. The van der Waals surface area contributed by atoms with Crippen LogP contribution >= 0.6 is 0 Å². The quantitative estimate of drug-likeness (QED) is 0.683. The largest absolute Gasteiger partial charge is 0.506 e. The van der Waals surface area contributed by atoms with Gasteiger partial charge in [-0.1, -0.05) is 30.3 Å². The average molecular weight is 319 g/mol. The molecule has 3 aromatic rings. The zero-order valence-electron chi connectivity index (χ0n) is 13.2. The Bertz CT molecular complexity index is 860. The minimum atomic E-state index is -0.312. The van der Waals surface area contributed by atoms with Crippen molar-refractivity contribution < 1.29 is 14.6 Å². The molecule has 0 spiro atoms. The smallest absolute Gasteiger partial charge is 0.255 e. The van der Waals surface area contributed by atoms with E-state index in [1.54, 1.807) is 36.4 Å². The van der Waals surface area contributed by atoms with Crippen LogP contribution in [0.3, 0.4) is 0 Å². The highest BCUT2D eigenvalue weighted by Gasteiger charge is 2.10. The SMILES string of the molecule is Cc1ccc(NC(=O)c2cccc(Oc3ccccc3)c2)c(O)c1. The average Bonchev–Trinajstić information content (AvgIpc) is 2.58. The molecule has 1 amide bonds. The summed E-state index contributed by atoms with van der Waals surface area (Å²) in [4.78, 5) is 12.4. The fraction of sp³-hybridized carbons (Fsp3) is 0.0500. The van der Waals surface area contributed by atoms with Gasteiger partial charge in [0.15, 0.2) is 0 Å². The van der Waals surface area contributed by atoms with Gasteiger partial charge in [0.1, 0.15) is 17.2 Å². The maximum Gasteiger partial charge on any atom is 0.255 e. The Balaban J connectivity index is 1.77. The van der Waals surface area contributed by atoms with E-state index in [2.05, 4.69) is 5.32 Å². The van der Waals surface area contributed by atoms with Crippen LogP contribution in [0.1, 0.15) is 15.9 Å². The fourth-order valence-electron chi connectivity index (χ4n) is 2.27. The lowest BCUT2D eigenvalue weighted by Crippen LogP contribution is -2.12. The Morgan fingerprint density at radius 2 is 1.67 bits per heavy atom. The molecule has 2 N–H and O–H groups in total. The van der Waals surface area contributed by atoms with Crippen molar-refractivity contribution >= 4 is 11.6 Å². The number of ether oxygens (including phenoxy) is 1. The Kier molecular flexibility index (Phi) is 4.47. The number of hydrogen-bond acceptors (Lipinski definition) is 3. The molecule has 0 atom stereocenters. The molecule has 0 aromatic heterocycles. The van der Waals surface area contributed by atoms with Crippen LogP contribution in [0, 0.1) is 6.92 Å². The molecule has 4 heteroatoms. The van der Waals surface area contributed by atoms with Gasteiger partial charge in [-0.25, -0.2) is 0 Å². The van der Waals surface area contributed by atoms with Gasteiger partial charge in [0.25, 0.3) is 5.91 Å². The molecule has 0 unspecified atom stereocenters. The molecular weight excluding hydrogens is 302 g/mol. The molecule has 0 aliphatic rings. The summed E-state index contributed by atoms with van der Waals surface area (Å²) < 4.78 is 5.73. The van der Waals surface area contributed by atoms with E-state index in [9.17, 15) is 9.90 Å². The fourth-order valence-corrected chi connectivity index (χ4v) is 2.27. The van der Waals surface area contributed by atoms with Gasteiger partial charge in [-0.2, -0.15) is 0 Å². The van der Waals surface area contributed by atoms with E-state index >= 15 is 0 Å². The molecule has 0 aliphatic carbocycles. The molecule has 120 valence electrons. The van der Waals surface area contributed by atoms with Gasteiger partial charge in [-0.15, -0.1) is 0 Å². The molecule has 0 saturated carbocycles. The first kappa shape index (κ1) is 15.6. The van der Waals surface area contributed by atoms with Crippen LogP contribution in [0.4, 0.5) is 5.69 Å². The van der Waals surface area contributed by atoms with Crippen LogP contribution < -0.4 is 10.1 Å². The molecule has 0 heterocycles. The summed E-state index contributed by atoms with van der Waals surface area (Å²) in [7, 11) is 0. The van der Waals surface area contributed by atoms with Crippen molar-refractivity contribution in [1.29, 1.82) is 0 Å².